The average Bonchev–Trinajstić information content (AvgIpc) is 2.82. The van der Waals surface area contributed by atoms with Crippen LogP contribution in [0, 0.1) is 20.2 Å². The molecular weight excluding hydrogens is 432 g/mol. The van der Waals surface area contributed by atoms with Crippen molar-refractivity contribution in [2.75, 3.05) is 0 Å². The summed E-state index contributed by atoms with van der Waals surface area (Å²) in [6.07, 6.45) is -0.677. The van der Waals surface area contributed by atoms with Crippen molar-refractivity contribution in [2.45, 2.75) is 19.6 Å². The number of Topliss-reactive ketones (excluding diaryl/α,β-unsaturated/α-hetero) is 1. The van der Waals surface area contributed by atoms with Gasteiger partial charge in [-0.15, -0.1) is 0 Å². The molecule has 0 aromatic heterocycles. The number of carbonyl (C=O) groups is 2. The normalized spacial score (nSPS) is 10.3. The van der Waals surface area contributed by atoms with Crippen molar-refractivity contribution in [2.24, 2.45) is 0 Å². The Hall–Kier alpha value is -4.60. The number of hydrogen-bond acceptors (Lipinski definition) is 8. The van der Waals surface area contributed by atoms with Gasteiger partial charge < -0.3 is 9.47 Å². The quantitative estimate of drug-likeness (QED) is 0.196. The SMILES string of the molecule is O=C(Cc1cc(OCc2ccccc2)c([N+](=O)[O-])cc1[N+](=O)[O-])C(=O)OCc1ccccc1. The molecule has 0 aliphatic rings. The van der Waals surface area contributed by atoms with Gasteiger partial charge in [0.05, 0.1) is 15.9 Å². The molecule has 0 fully saturated rings. The molecule has 0 saturated carbocycles. The van der Waals surface area contributed by atoms with Crippen LogP contribution in [0.5, 0.6) is 5.75 Å². The maximum atomic E-state index is 12.3. The van der Waals surface area contributed by atoms with Crippen molar-refractivity contribution >= 4 is 23.1 Å². The standard InChI is InChI=1S/C23H18N2O8/c26-21(23(27)33-15-17-9-5-2-6-10-17)11-18-12-22(32-14-16-7-3-1-4-8-16)20(25(30)31)13-19(18)24(28)29/h1-10,12-13H,11,14-15H2. The molecule has 3 aromatic rings. The third-order valence-corrected chi connectivity index (χ3v) is 4.58. The average molecular weight is 450 g/mol. The van der Waals surface area contributed by atoms with Crippen LogP contribution >= 0.6 is 0 Å². The van der Waals surface area contributed by atoms with Crippen molar-refractivity contribution in [3.8, 4) is 5.75 Å². The minimum Gasteiger partial charge on any atom is -0.482 e. The van der Waals surface area contributed by atoms with E-state index in [0.29, 0.717) is 11.1 Å². The number of ketones is 1. The summed E-state index contributed by atoms with van der Waals surface area (Å²) in [7, 11) is 0. The van der Waals surface area contributed by atoms with E-state index in [4.69, 9.17) is 9.47 Å². The highest BCUT2D eigenvalue weighted by atomic mass is 16.6. The highest BCUT2D eigenvalue weighted by molar-refractivity contribution is 6.34. The fourth-order valence-corrected chi connectivity index (χ4v) is 2.95. The van der Waals surface area contributed by atoms with Gasteiger partial charge in [0.1, 0.15) is 13.2 Å². The van der Waals surface area contributed by atoms with E-state index in [1.54, 1.807) is 60.7 Å². The van der Waals surface area contributed by atoms with E-state index in [9.17, 15) is 29.8 Å². The Morgan fingerprint density at radius 3 is 1.85 bits per heavy atom. The summed E-state index contributed by atoms with van der Waals surface area (Å²) in [5.74, 6) is -2.45. The monoisotopic (exact) mass is 450 g/mol. The summed E-state index contributed by atoms with van der Waals surface area (Å²) in [6.45, 7) is -0.175. The zero-order valence-electron chi connectivity index (χ0n) is 17.2. The fraction of sp³-hybridized carbons (Fsp3) is 0.130. The van der Waals surface area contributed by atoms with E-state index >= 15 is 0 Å². The largest absolute Gasteiger partial charge is 0.482 e. The predicted molar refractivity (Wildman–Crippen MR) is 115 cm³/mol. The summed E-state index contributed by atoms with van der Waals surface area (Å²) in [5.41, 5.74) is -0.113. The summed E-state index contributed by atoms with van der Waals surface area (Å²) in [5, 5.41) is 22.9. The smallest absolute Gasteiger partial charge is 0.375 e. The molecule has 0 atom stereocenters. The van der Waals surface area contributed by atoms with Crippen LogP contribution in [0.1, 0.15) is 16.7 Å². The van der Waals surface area contributed by atoms with Crippen molar-refractivity contribution in [3.63, 3.8) is 0 Å². The van der Waals surface area contributed by atoms with Gasteiger partial charge in [-0.1, -0.05) is 60.7 Å². The van der Waals surface area contributed by atoms with Gasteiger partial charge in [0, 0.05) is 12.0 Å². The van der Waals surface area contributed by atoms with Crippen molar-refractivity contribution in [1.29, 1.82) is 0 Å². The summed E-state index contributed by atoms with van der Waals surface area (Å²) in [4.78, 5) is 45.7. The Kier molecular flexibility index (Phi) is 7.43. The van der Waals surface area contributed by atoms with Gasteiger partial charge in [0.15, 0.2) is 5.75 Å². The van der Waals surface area contributed by atoms with Crippen LogP contribution in [0.15, 0.2) is 72.8 Å². The highest BCUT2D eigenvalue weighted by Crippen LogP contribution is 2.35. The Balaban J connectivity index is 1.81. The topological polar surface area (TPSA) is 139 Å². The van der Waals surface area contributed by atoms with E-state index in [1.165, 1.54) is 0 Å². The fourth-order valence-electron chi connectivity index (χ4n) is 2.95. The number of nitro groups is 2. The Morgan fingerprint density at radius 1 is 0.758 bits per heavy atom. The molecule has 0 spiro atoms. The van der Waals surface area contributed by atoms with E-state index in [1.807, 2.05) is 0 Å². The number of benzene rings is 3. The number of esters is 1. The summed E-state index contributed by atoms with van der Waals surface area (Å²) < 4.78 is 10.5. The third-order valence-electron chi connectivity index (χ3n) is 4.58. The maximum Gasteiger partial charge on any atom is 0.375 e. The number of nitro benzene ring substituents is 2. The number of carbonyl (C=O) groups excluding carboxylic acids is 2. The van der Waals surface area contributed by atoms with Crippen LogP contribution < -0.4 is 4.74 Å². The highest BCUT2D eigenvalue weighted by Gasteiger charge is 2.28. The zero-order valence-corrected chi connectivity index (χ0v) is 17.2. The van der Waals surface area contributed by atoms with Crippen LogP contribution in [-0.4, -0.2) is 21.6 Å². The lowest BCUT2D eigenvalue weighted by Gasteiger charge is -2.10. The molecule has 10 nitrogen and oxygen atoms in total. The second-order valence-corrected chi connectivity index (χ2v) is 6.90. The third kappa shape index (κ3) is 6.20. The first kappa shape index (κ1) is 23.1. The first-order valence-electron chi connectivity index (χ1n) is 9.71. The van der Waals surface area contributed by atoms with E-state index in [-0.39, 0.29) is 24.5 Å². The first-order chi connectivity index (χ1) is 15.8. The van der Waals surface area contributed by atoms with E-state index in [0.717, 1.165) is 12.1 Å². The van der Waals surface area contributed by atoms with Crippen LogP contribution in [0.2, 0.25) is 0 Å². The van der Waals surface area contributed by atoms with Gasteiger partial charge in [-0.2, -0.15) is 0 Å². The van der Waals surface area contributed by atoms with Gasteiger partial charge in [-0.05, 0) is 17.2 Å². The molecule has 0 radical (unpaired) electrons. The predicted octanol–water partition coefficient (Wildman–Crippen LogP) is 3.94. The lowest BCUT2D eigenvalue weighted by Crippen LogP contribution is -2.20. The Morgan fingerprint density at radius 2 is 1.30 bits per heavy atom. The van der Waals surface area contributed by atoms with Crippen LogP contribution in [0.25, 0.3) is 0 Å². The minimum atomic E-state index is -1.17. The molecule has 0 N–H and O–H groups in total. The molecule has 0 bridgehead atoms. The van der Waals surface area contributed by atoms with Crippen LogP contribution in [0.3, 0.4) is 0 Å². The maximum absolute atomic E-state index is 12.3. The van der Waals surface area contributed by atoms with Crippen LogP contribution in [0.4, 0.5) is 11.4 Å². The van der Waals surface area contributed by atoms with Gasteiger partial charge in [0.25, 0.3) is 5.69 Å². The molecule has 0 amide bonds. The molecule has 10 heteroatoms. The summed E-state index contributed by atoms with van der Waals surface area (Å²) >= 11 is 0. The second kappa shape index (κ2) is 10.6. The summed E-state index contributed by atoms with van der Waals surface area (Å²) in [6, 6.07) is 19.2. The number of rotatable bonds is 10. The van der Waals surface area contributed by atoms with Gasteiger partial charge in [0.2, 0.25) is 5.78 Å². The van der Waals surface area contributed by atoms with Crippen molar-refractivity contribution in [1.82, 2.24) is 0 Å². The molecule has 33 heavy (non-hydrogen) atoms. The first-order valence-corrected chi connectivity index (χ1v) is 9.71. The second-order valence-electron chi connectivity index (χ2n) is 6.90. The molecule has 0 aliphatic carbocycles. The zero-order chi connectivity index (χ0) is 23.8. The Labute approximate surface area is 187 Å². The lowest BCUT2D eigenvalue weighted by molar-refractivity contribution is -0.395. The molecular formula is C23H18N2O8. The van der Waals surface area contributed by atoms with E-state index < -0.39 is 39.4 Å². The molecule has 0 saturated heterocycles. The molecule has 0 aliphatic heterocycles. The van der Waals surface area contributed by atoms with Crippen molar-refractivity contribution in [3.05, 3.63) is 110 Å². The molecule has 0 unspecified atom stereocenters. The molecule has 168 valence electrons. The number of ether oxygens (including phenoxy) is 2. The minimum absolute atomic E-state index is 0.0357. The number of hydrogen-bond donors (Lipinski definition) is 0. The lowest BCUT2D eigenvalue weighted by atomic mass is 10.1. The molecule has 3 aromatic carbocycles. The Bertz CT molecular complexity index is 1180. The van der Waals surface area contributed by atoms with E-state index in [2.05, 4.69) is 0 Å². The van der Waals surface area contributed by atoms with Crippen LogP contribution in [-0.2, 0) is 34.0 Å². The van der Waals surface area contributed by atoms with Gasteiger partial charge in [-0.3, -0.25) is 25.0 Å². The van der Waals surface area contributed by atoms with Gasteiger partial charge in [-0.25, -0.2) is 4.79 Å². The van der Waals surface area contributed by atoms with Crippen molar-refractivity contribution < 1.29 is 28.9 Å². The molecule has 3 rings (SSSR count). The molecule has 0 heterocycles. The number of nitrogens with zero attached hydrogens (tertiary/aromatic N) is 2. The van der Waals surface area contributed by atoms with Gasteiger partial charge >= 0.3 is 11.7 Å².